The minimum atomic E-state index is -1.33. The Kier molecular flexibility index (Phi) is 7.80. The average Bonchev–Trinajstić information content (AvgIpc) is 3.76. The lowest BCUT2D eigenvalue weighted by molar-refractivity contribution is -0.160. The molecular weight excluding hydrogens is 607 g/mol. The Balaban J connectivity index is 1.42. The summed E-state index contributed by atoms with van der Waals surface area (Å²) in [5.74, 6) is -0.573. The van der Waals surface area contributed by atoms with Gasteiger partial charge >= 0.3 is 5.97 Å². The number of aromatic nitrogens is 4. The molecule has 0 amide bonds. The Labute approximate surface area is 272 Å². The number of ether oxygens (including phenoxy) is 2. The first-order chi connectivity index (χ1) is 21.9. The molecule has 244 valence electrons. The highest BCUT2D eigenvalue weighted by molar-refractivity contribution is 7.09. The molecule has 7 rings (SSSR count). The van der Waals surface area contributed by atoms with Gasteiger partial charge in [0.05, 0.1) is 17.9 Å². The molecule has 3 aromatic heterocycles. The molecule has 2 atom stereocenters. The van der Waals surface area contributed by atoms with Crippen LogP contribution in [0.15, 0.2) is 12.1 Å². The number of piperazine rings is 1. The number of carbonyl (C=O) groups is 1. The van der Waals surface area contributed by atoms with E-state index in [1.165, 1.54) is 37.0 Å². The summed E-state index contributed by atoms with van der Waals surface area (Å²) in [5, 5.41) is 12.0. The molecule has 3 aliphatic heterocycles. The van der Waals surface area contributed by atoms with Crippen LogP contribution in [0.2, 0.25) is 0 Å². The van der Waals surface area contributed by atoms with Crippen molar-refractivity contribution in [3.63, 3.8) is 0 Å². The second-order valence-electron chi connectivity index (χ2n) is 13.7. The third-order valence-electron chi connectivity index (χ3n) is 9.57. The summed E-state index contributed by atoms with van der Waals surface area (Å²) in [5.41, 5.74) is 4.51. The average molecular weight is 649 g/mol. The molecule has 0 unspecified atom stereocenters. The molecule has 4 aromatic rings. The highest BCUT2D eigenvalue weighted by Crippen LogP contribution is 2.46. The van der Waals surface area contributed by atoms with Crippen LogP contribution in [0, 0.1) is 19.7 Å². The Morgan fingerprint density at radius 1 is 1.17 bits per heavy atom. The van der Waals surface area contributed by atoms with Gasteiger partial charge < -0.3 is 24.0 Å². The summed E-state index contributed by atoms with van der Waals surface area (Å²) < 4.78 is 34.4. The Morgan fingerprint density at radius 3 is 2.74 bits per heavy atom. The number of pyridine rings is 1. The number of fused-ring (bicyclic) bond motifs is 3. The number of aryl methyl sites for hydroxylation is 2. The van der Waals surface area contributed by atoms with Crippen LogP contribution in [0.1, 0.15) is 68.5 Å². The molecule has 2 saturated heterocycles. The van der Waals surface area contributed by atoms with Crippen LogP contribution in [0.5, 0.6) is 5.75 Å². The molecule has 3 aliphatic rings. The molecule has 0 aliphatic carbocycles. The lowest BCUT2D eigenvalue weighted by Crippen LogP contribution is -2.50. The zero-order valence-electron chi connectivity index (χ0n) is 27.3. The first-order valence-corrected chi connectivity index (χ1v) is 16.9. The van der Waals surface area contributed by atoms with E-state index in [0.29, 0.717) is 52.5 Å². The van der Waals surface area contributed by atoms with Crippen LogP contribution in [-0.2, 0) is 23.0 Å². The van der Waals surface area contributed by atoms with Crippen molar-refractivity contribution >= 4 is 34.5 Å². The summed E-state index contributed by atoms with van der Waals surface area (Å²) in [7, 11) is 1.93. The van der Waals surface area contributed by atoms with Crippen LogP contribution in [0.3, 0.4) is 0 Å². The zero-order chi connectivity index (χ0) is 32.5. The van der Waals surface area contributed by atoms with Crippen LogP contribution >= 0.6 is 11.5 Å². The third kappa shape index (κ3) is 5.33. The van der Waals surface area contributed by atoms with Gasteiger partial charge in [-0.3, -0.25) is 4.90 Å². The smallest absolute Gasteiger partial charge is 0.337 e. The maximum absolute atomic E-state index is 15.8. The van der Waals surface area contributed by atoms with Gasteiger partial charge in [-0.2, -0.15) is 9.36 Å². The molecular formula is C34H41FN6O4S. The normalized spacial score (nSPS) is 19.3. The molecule has 1 N–H and O–H groups in total. The van der Waals surface area contributed by atoms with Crippen LogP contribution in [0.25, 0.3) is 32.9 Å². The van der Waals surface area contributed by atoms with Crippen LogP contribution in [0.4, 0.5) is 10.3 Å². The van der Waals surface area contributed by atoms with E-state index < -0.39 is 23.5 Å². The number of anilines is 1. The Hall–Kier alpha value is -3.61. The quantitative estimate of drug-likeness (QED) is 0.267. The molecule has 12 heteroatoms. The maximum atomic E-state index is 15.8. The van der Waals surface area contributed by atoms with Crippen molar-refractivity contribution in [2.24, 2.45) is 7.05 Å². The van der Waals surface area contributed by atoms with Gasteiger partial charge in [0.25, 0.3) is 0 Å². The summed E-state index contributed by atoms with van der Waals surface area (Å²) in [6.07, 6.45) is 2.58. The fourth-order valence-corrected chi connectivity index (χ4v) is 8.13. The molecule has 0 radical (unpaired) electrons. The highest BCUT2D eigenvalue weighted by atomic mass is 32.1. The van der Waals surface area contributed by atoms with Crippen LogP contribution in [-0.4, -0.2) is 79.3 Å². The number of rotatable bonds is 6. The maximum Gasteiger partial charge on any atom is 0.337 e. The van der Waals surface area contributed by atoms with Gasteiger partial charge in [0.1, 0.15) is 5.65 Å². The molecule has 46 heavy (non-hydrogen) atoms. The van der Waals surface area contributed by atoms with Gasteiger partial charge in [-0.05, 0) is 102 Å². The standard InChI is InChI=1S/C34H41FN6O4S/c1-18-21-10-8-14-44-28(21)24(35)15-22(18)27-23-16-25(31-37-33(38-46-31)41-13-12-40-11-7-9-20(40)17-41)39(6)30(23)36-19(2)26(27)29(32(42)43)45-34(3,4)5/h15-16,20,29H,7-14,17H2,1-6H3,(H,42,43)/t20-,29+/m1/s1. The summed E-state index contributed by atoms with van der Waals surface area (Å²) >= 11 is 1.34. The van der Waals surface area contributed by atoms with Crippen molar-refractivity contribution < 1.29 is 23.8 Å². The van der Waals surface area contributed by atoms with Crippen molar-refractivity contribution in [1.82, 2.24) is 23.8 Å². The van der Waals surface area contributed by atoms with Crippen LogP contribution < -0.4 is 9.64 Å². The fraction of sp³-hybridized carbons (Fsp3) is 0.529. The number of nitrogens with zero attached hydrogens (tertiary/aromatic N) is 6. The van der Waals surface area contributed by atoms with Crippen molar-refractivity contribution in [3.05, 3.63) is 40.3 Å². The summed E-state index contributed by atoms with van der Waals surface area (Å²) in [6.45, 7) is 13.7. The number of hydrogen-bond acceptors (Lipinski definition) is 9. The van der Waals surface area contributed by atoms with Crippen molar-refractivity contribution in [3.8, 4) is 27.6 Å². The lowest BCUT2D eigenvalue weighted by atomic mass is 9.86. The monoisotopic (exact) mass is 648 g/mol. The van der Waals surface area contributed by atoms with Gasteiger partial charge in [-0.25, -0.2) is 14.2 Å². The van der Waals surface area contributed by atoms with E-state index in [9.17, 15) is 9.90 Å². The van der Waals surface area contributed by atoms with E-state index in [-0.39, 0.29) is 5.75 Å². The summed E-state index contributed by atoms with van der Waals surface area (Å²) in [4.78, 5) is 27.7. The van der Waals surface area contributed by atoms with Gasteiger partial charge in [-0.1, -0.05) is 0 Å². The number of benzene rings is 1. The van der Waals surface area contributed by atoms with E-state index in [1.54, 1.807) is 6.92 Å². The summed E-state index contributed by atoms with van der Waals surface area (Å²) in [6, 6.07) is 4.02. The molecule has 1 aromatic carbocycles. The topological polar surface area (TPSA) is 106 Å². The number of carboxylic acid groups (broad SMARTS) is 1. The fourth-order valence-electron chi connectivity index (χ4n) is 7.40. The minimum Gasteiger partial charge on any atom is -0.490 e. The van der Waals surface area contributed by atoms with E-state index in [4.69, 9.17) is 23.8 Å². The first kappa shape index (κ1) is 31.0. The molecule has 2 fully saturated rings. The SMILES string of the molecule is Cc1nc2c(cc(-c3nc(N4CCN5CCC[C@@H]5C4)ns3)n2C)c(-c2cc(F)c3c(c2C)CCCO3)c1[C@H](OC(C)(C)C)C(=O)O. The number of hydrogen-bond donors (Lipinski definition) is 1. The van der Waals surface area contributed by atoms with Gasteiger partial charge in [-0.15, -0.1) is 0 Å². The largest absolute Gasteiger partial charge is 0.490 e. The Bertz CT molecular complexity index is 1850. The third-order valence-corrected chi connectivity index (χ3v) is 10.3. The second kappa shape index (κ2) is 11.6. The number of carboxylic acids is 1. The first-order valence-electron chi connectivity index (χ1n) is 16.1. The molecule has 6 heterocycles. The number of aliphatic carboxylic acids is 1. The lowest BCUT2D eigenvalue weighted by Gasteiger charge is -2.36. The van der Waals surface area contributed by atoms with Gasteiger partial charge in [0.15, 0.2) is 22.7 Å². The van der Waals surface area contributed by atoms with E-state index >= 15 is 4.39 Å². The van der Waals surface area contributed by atoms with Crippen molar-refractivity contribution in [2.45, 2.75) is 78.0 Å². The Morgan fingerprint density at radius 2 is 1.98 bits per heavy atom. The molecule has 0 spiro atoms. The highest BCUT2D eigenvalue weighted by Gasteiger charge is 2.35. The second-order valence-corrected chi connectivity index (χ2v) is 14.5. The van der Waals surface area contributed by atoms with E-state index in [0.717, 1.165) is 53.8 Å². The van der Waals surface area contributed by atoms with E-state index in [1.807, 2.05) is 45.4 Å². The minimum absolute atomic E-state index is 0.283. The van der Waals surface area contributed by atoms with Crippen molar-refractivity contribution in [1.29, 1.82) is 0 Å². The predicted octanol–water partition coefficient (Wildman–Crippen LogP) is 6.06. The predicted molar refractivity (Wildman–Crippen MR) is 176 cm³/mol. The van der Waals surface area contributed by atoms with E-state index in [2.05, 4.69) is 9.80 Å². The zero-order valence-corrected chi connectivity index (χ0v) is 28.1. The van der Waals surface area contributed by atoms with Gasteiger partial charge in [0.2, 0.25) is 5.95 Å². The van der Waals surface area contributed by atoms with Gasteiger partial charge in [0, 0.05) is 60.5 Å². The molecule has 10 nitrogen and oxygen atoms in total. The number of halogens is 1. The molecule has 0 saturated carbocycles. The van der Waals surface area contributed by atoms with Crippen molar-refractivity contribution in [2.75, 3.05) is 37.7 Å². The molecule has 0 bridgehead atoms.